The van der Waals surface area contributed by atoms with Crippen LogP contribution in [0.3, 0.4) is 0 Å². The van der Waals surface area contributed by atoms with Gasteiger partial charge in [0.15, 0.2) is 17.5 Å². The van der Waals surface area contributed by atoms with E-state index >= 15 is 0 Å². The number of nitrogens with zero attached hydrogens (tertiary/aromatic N) is 3. The number of thiophene rings is 1. The van der Waals surface area contributed by atoms with Crippen LogP contribution >= 0.6 is 11.3 Å². The zero-order valence-electron chi connectivity index (χ0n) is 37.0. The minimum Gasteiger partial charge on any atom is -0.456 e. The van der Waals surface area contributed by atoms with Gasteiger partial charge in [0.2, 0.25) is 0 Å². The predicted octanol–water partition coefficient (Wildman–Crippen LogP) is 16.8. The van der Waals surface area contributed by atoms with Crippen LogP contribution in [0.1, 0.15) is 22.3 Å². The van der Waals surface area contributed by atoms with Crippen molar-refractivity contribution >= 4 is 53.4 Å². The fourth-order valence-electron chi connectivity index (χ4n) is 11.7. The van der Waals surface area contributed by atoms with Gasteiger partial charge in [-0.15, -0.1) is 11.3 Å². The average Bonchev–Trinajstić information content (AvgIpc) is 4.16. The van der Waals surface area contributed by atoms with E-state index in [1.165, 1.54) is 71.1 Å². The minimum atomic E-state index is -0.424. The van der Waals surface area contributed by atoms with Gasteiger partial charge in [-0.05, 0) is 97.1 Å². The molecule has 1 spiro atoms. The first-order valence-electron chi connectivity index (χ1n) is 23.4. The molecule has 10 aromatic carbocycles. The first-order chi connectivity index (χ1) is 34.2. The Labute approximate surface area is 401 Å². The van der Waals surface area contributed by atoms with Crippen molar-refractivity contribution in [3.63, 3.8) is 0 Å². The van der Waals surface area contributed by atoms with Crippen molar-refractivity contribution in [2.24, 2.45) is 0 Å². The Kier molecular flexibility index (Phi) is 8.12. The van der Waals surface area contributed by atoms with Crippen LogP contribution in [-0.4, -0.2) is 15.0 Å². The van der Waals surface area contributed by atoms with Gasteiger partial charge in [-0.25, -0.2) is 15.0 Å². The largest absolute Gasteiger partial charge is 0.456 e. The lowest BCUT2D eigenvalue weighted by Gasteiger charge is -2.32. The van der Waals surface area contributed by atoms with Crippen molar-refractivity contribution in [3.8, 4) is 78.7 Å². The van der Waals surface area contributed by atoms with E-state index in [1.807, 2.05) is 30.3 Å². The van der Waals surface area contributed by atoms with Gasteiger partial charge in [0.25, 0.3) is 0 Å². The number of hydrogen-bond donors (Lipinski definition) is 0. The van der Waals surface area contributed by atoms with Crippen molar-refractivity contribution in [1.29, 1.82) is 0 Å². The van der Waals surface area contributed by atoms with Crippen LogP contribution in [0.15, 0.2) is 229 Å². The lowest BCUT2D eigenvalue weighted by atomic mass is 9.68. The number of furan rings is 1. The Balaban J connectivity index is 0.868. The maximum atomic E-state index is 6.60. The van der Waals surface area contributed by atoms with E-state index in [1.54, 1.807) is 11.3 Å². The van der Waals surface area contributed by atoms with Crippen molar-refractivity contribution in [2.75, 3.05) is 0 Å². The van der Waals surface area contributed by atoms with Crippen LogP contribution in [0.5, 0.6) is 0 Å². The van der Waals surface area contributed by atoms with Gasteiger partial charge in [-0.3, -0.25) is 0 Å². The van der Waals surface area contributed by atoms with Crippen LogP contribution in [0.2, 0.25) is 0 Å². The summed E-state index contributed by atoms with van der Waals surface area (Å²) in [6.45, 7) is 0. The predicted molar refractivity (Wildman–Crippen MR) is 283 cm³/mol. The normalized spacial score (nSPS) is 13.0. The molecule has 0 saturated heterocycles. The Hall–Kier alpha value is -8.77. The zero-order chi connectivity index (χ0) is 45.2. The molecule has 4 nitrogen and oxygen atoms in total. The summed E-state index contributed by atoms with van der Waals surface area (Å²) in [6, 6.07) is 80.9. The number of rotatable bonds is 5. The summed E-state index contributed by atoms with van der Waals surface area (Å²) in [5.41, 5.74) is 19.3. The summed E-state index contributed by atoms with van der Waals surface area (Å²) in [5, 5.41) is 4.42. The summed E-state index contributed by atoms with van der Waals surface area (Å²) >= 11 is 1.78. The smallest absolute Gasteiger partial charge is 0.165 e. The summed E-state index contributed by atoms with van der Waals surface area (Å²) in [7, 11) is 0. The van der Waals surface area contributed by atoms with Crippen LogP contribution in [0.4, 0.5) is 0 Å². The molecule has 0 radical (unpaired) electrons. The first-order valence-corrected chi connectivity index (χ1v) is 24.2. The second-order valence-electron chi connectivity index (χ2n) is 18.1. The lowest BCUT2D eigenvalue weighted by molar-refractivity contribution is 0.669. The highest BCUT2D eigenvalue weighted by atomic mass is 32.1. The summed E-state index contributed by atoms with van der Waals surface area (Å²) in [5.74, 6) is 1.86. The monoisotopic (exact) mass is 895 g/mol. The molecule has 0 bridgehead atoms. The molecule has 0 N–H and O–H groups in total. The highest BCUT2D eigenvalue weighted by Gasteiger charge is 2.52. The van der Waals surface area contributed by atoms with E-state index in [0.29, 0.717) is 17.5 Å². The SMILES string of the molecule is c1ccc(-c2nc(-c3cccc4c3sc3ccccc34)nc(-c3cccc4oc5ccc(-c6ccc(-c7cccc8c7C7(c9ccccc9-c9ccccc97)c7ccccc7-8)cc6)cc5c34)n2)cc1. The van der Waals surface area contributed by atoms with Crippen LogP contribution in [0.25, 0.3) is 121 Å². The van der Waals surface area contributed by atoms with Gasteiger partial charge in [-0.2, -0.15) is 0 Å². The molecule has 0 unspecified atom stereocenters. The molecule has 0 aliphatic heterocycles. The number of aromatic nitrogens is 3. The van der Waals surface area contributed by atoms with E-state index in [0.717, 1.165) is 54.5 Å². The van der Waals surface area contributed by atoms with Gasteiger partial charge in [-0.1, -0.05) is 194 Å². The molecule has 0 saturated carbocycles. The molecular formula is C64H37N3OS. The van der Waals surface area contributed by atoms with Gasteiger partial charge in [0, 0.05) is 47.6 Å². The molecule has 69 heavy (non-hydrogen) atoms. The molecule has 2 aliphatic carbocycles. The first kappa shape index (κ1) is 38.3. The Morgan fingerprint density at radius 1 is 0.333 bits per heavy atom. The molecular weight excluding hydrogens is 859 g/mol. The minimum absolute atomic E-state index is 0.424. The molecule has 0 atom stereocenters. The summed E-state index contributed by atoms with van der Waals surface area (Å²) < 4.78 is 9.00. The second kappa shape index (κ2) is 14.6. The summed E-state index contributed by atoms with van der Waals surface area (Å²) in [4.78, 5) is 15.7. The third kappa shape index (κ3) is 5.48. The molecule has 3 aromatic heterocycles. The van der Waals surface area contributed by atoms with Gasteiger partial charge < -0.3 is 4.42 Å². The van der Waals surface area contributed by atoms with E-state index in [-0.39, 0.29) is 0 Å². The van der Waals surface area contributed by atoms with Gasteiger partial charge in [0.1, 0.15) is 11.2 Å². The van der Waals surface area contributed by atoms with Crippen molar-refractivity contribution in [3.05, 3.63) is 247 Å². The number of hydrogen-bond acceptors (Lipinski definition) is 5. The second-order valence-corrected chi connectivity index (χ2v) is 19.2. The Morgan fingerprint density at radius 3 is 1.64 bits per heavy atom. The molecule has 0 fully saturated rings. The summed E-state index contributed by atoms with van der Waals surface area (Å²) in [6.07, 6.45) is 0. The highest BCUT2D eigenvalue weighted by Crippen LogP contribution is 2.64. The van der Waals surface area contributed by atoms with E-state index < -0.39 is 5.41 Å². The van der Waals surface area contributed by atoms with Gasteiger partial charge >= 0.3 is 0 Å². The fourth-order valence-corrected chi connectivity index (χ4v) is 12.9. The molecule has 0 amide bonds. The Morgan fingerprint density at radius 2 is 0.870 bits per heavy atom. The molecule has 5 heteroatoms. The molecule has 320 valence electrons. The van der Waals surface area contributed by atoms with E-state index in [9.17, 15) is 0 Å². The molecule has 3 heterocycles. The topological polar surface area (TPSA) is 51.8 Å². The third-order valence-electron chi connectivity index (χ3n) is 14.6. The van der Waals surface area contributed by atoms with Gasteiger partial charge in [0.05, 0.1) is 5.41 Å². The third-order valence-corrected chi connectivity index (χ3v) is 15.8. The quantitative estimate of drug-likeness (QED) is 0.173. The maximum absolute atomic E-state index is 6.60. The molecule has 13 aromatic rings. The average molecular weight is 896 g/mol. The van der Waals surface area contributed by atoms with Crippen LogP contribution in [0, 0.1) is 0 Å². The van der Waals surface area contributed by atoms with Crippen LogP contribution in [-0.2, 0) is 5.41 Å². The Bertz CT molecular complexity index is 4200. The fraction of sp³-hybridized carbons (Fsp3) is 0.0156. The standard InChI is InChI=1S/C64H37N3OS/c1-2-15-40(16-3-1)61-65-62(67-63(66-61)50-25-13-23-48-46-20-7-11-30-57(46)69-60(48)50)49-24-14-29-56-58(49)51-37-41(35-36-55(51)68-56)38-31-33-39(34-32-38)42-21-12-22-47-45-19-6-10-28-54(45)64(59(42)47)52-26-8-4-17-43(52)44-18-5-9-27-53(44)64/h1-37H. The van der Waals surface area contributed by atoms with E-state index in [4.69, 9.17) is 19.4 Å². The van der Waals surface area contributed by atoms with Crippen molar-refractivity contribution in [1.82, 2.24) is 15.0 Å². The van der Waals surface area contributed by atoms with Crippen molar-refractivity contribution < 1.29 is 4.42 Å². The van der Waals surface area contributed by atoms with Crippen LogP contribution < -0.4 is 0 Å². The van der Waals surface area contributed by atoms with Crippen molar-refractivity contribution in [2.45, 2.75) is 5.41 Å². The number of fused-ring (bicyclic) bond motifs is 16. The molecule has 15 rings (SSSR count). The maximum Gasteiger partial charge on any atom is 0.165 e. The zero-order valence-corrected chi connectivity index (χ0v) is 37.8. The highest BCUT2D eigenvalue weighted by molar-refractivity contribution is 7.26. The van der Waals surface area contributed by atoms with E-state index in [2.05, 4.69) is 194 Å². The molecule has 2 aliphatic rings. The number of benzene rings is 10. The lowest BCUT2D eigenvalue weighted by Crippen LogP contribution is -2.26.